The molecule has 0 rings (SSSR count). The van der Waals surface area contributed by atoms with Crippen LogP contribution in [0.25, 0.3) is 0 Å². The Morgan fingerprint density at radius 1 is 1.14 bits per heavy atom. The quantitative estimate of drug-likeness (QED) is 0.565. The monoisotopic (exact) mass is 202 g/mol. The zero-order valence-corrected chi connectivity index (χ0v) is 9.04. The van der Waals surface area contributed by atoms with Crippen LogP contribution in [0.4, 0.5) is 0 Å². The van der Waals surface area contributed by atoms with Crippen molar-refractivity contribution in [2.75, 3.05) is 0 Å². The normalized spacial score (nSPS) is 12.7. The molecule has 14 heavy (non-hydrogen) atoms. The number of hydrogen-bond acceptors (Lipinski definition) is 2. The van der Waals surface area contributed by atoms with Gasteiger partial charge >= 0.3 is 5.97 Å². The summed E-state index contributed by atoms with van der Waals surface area (Å²) in [7, 11) is 0. The highest BCUT2D eigenvalue weighted by atomic mass is 16.4. The molecule has 0 aliphatic carbocycles. The molecule has 84 valence electrons. The number of aliphatic carboxylic acids is 1. The summed E-state index contributed by atoms with van der Waals surface area (Å²) in [5.74, 6) is -0.702. The van der Waals surface area contributed by atoms with E-state index in [1.807, 2.05) is 6.92 Å². The number of carboxylic acids is 1. The van der Waals surface area contributed by atoms with Crippen molar-refractivity contribution in [2.24, 2.45) is 0 Å². The fourth-order valence-corrected chi connectivity index (χ4v) is 1.39. The highest BCUT2D eigenvalue weighted by Gasteiger charge is 2.00. The van der Waals surface area contributed by atoms with Crippen molar-refractivity contribution < 1.29 is 15.0 Å². The number of aliphatic hydroxyl groups is 1. The van der Waals surface area contributed by atoms with Gasteiger partial charge in [0.25, 0.3) is 0 Å². The molecule has 3 nitrogen and oxygen atoms in total. The second kappa shape index (κ2) is 9.00. The van der Waals surface area contributed by atoms with Gasteiger partial charge in [0.05, 0.1) is 6.10 Å². The third-order valence-electron chi connectivity index (χ3n) is 2.40. The number of carbonyl (C=O) groups is 1. The molecule has 0 saturated carbocycles. The van der Waals surface area contributed by atoms with Gasteiger partial charge in [-0.2, -0.15) is 0 Å². The Labute approximate surface area is 86.1 Å². The molecular formula is C11H22O3. The lowest BCUT2D eigenvalue weighted by molar-refractivity contribution is -0.137. The molecule has 1 atom stereocenters. The molecule has 0 aromatic heterocycles. The second-order valence-electron chi connectivity index (χ2n) is 3.76. The minimum Gasteiger partial charge on any atom is -0.481 e. The van der Waals surface area contributed by atoms with Crippen LogP contribution in [0.3, 0.4) is 0 Å². The molecule has 0 heterocycles. The van der Waals surface area contributed by atoms with Crippen molar-refractivity contribution in [3.8, 4) is 0 Å². The van der Waals surface area contributed by atoms with Crippen molar-refractivity contribution in [2.45, 2.75) is 64.4 Å². The summed E-state index contributed by atoms with van der Waals surface area (Å²) in [4.78, 5) is 10.2. The van der Waals surface area contributed by atoms with E-state index in [0.717, 1.165) is 44.9 Å². The first-order valence-electron chi connectivity index (χ1n) is 5.56. The number of aliphatic hydroxyl groups excluding tert-OH is 1. The molecule has 0 aliphatic heterocycles. The number of carboxylic acid groups (broad SMARTS) is 1. The van der Waals surface area contributed by atoms with E-state index in [9.17, 15) is 9.90 Å². The van der Waals surface area contributed by atoms with Gasteiger partial charge in [-0.1, -0.05) is 32.6 Å². The van der Waals surface area contributed by atoms with Crippen molar-refractivity contribution >= 4 is 5.97 Å². The predicted molar refractivity (Wildman–Crippen MR) is 56.3 cm³/mol. The number of unbranched alkanes of at least 4 members (excludes halogenated alkanes) is 4. The summed E-state index contributed by atoms with van der Waals surface area (Å²) in [5.41, 5.74) is 0. The Morgan fingerprint density at radius 3 is 2.29 bits per heavy atom. The minimum absolute atomic E-state index is 0.144. The Bertz CT molecular complexity index is 145. The molecule has 0 radical (unpaired) electrons. The highest BCUT2D eigenvalue weighted by Crippen LogP contribution is 2.09. The van der Waals surface area contributed by atoms with Crippen molar-refractivity contribution in [1.82, 2.24) is 0 Å². The Morgan fingerprint density at radius 2 is 1.71 bits per heavy atom. The van der Waals surface area contributed by atoms with E-state index in [1.54, 1.807) is 0 Å². The largest absolute Gasteiger partial charge is 0.481 e. The van der Waals surface area contributed by atoms with E-state index in [-0.39, 0.29) is 12.5 Å². The minimum atomic E-state index is -0.702. The van der Waals surface area contributed by atoms with Crippen LogP contribution >= 0.6 is 0 Å². The van der Waals surface area contributed by atoms with Crippen LogP contribution in [0.15, 0.2) is 0 Å². The molecule has 0 bridgehead atoms. The van der Waals surface area contributed by atoms with E-state index in [0.29, 0.717) is 0 Å². The molecule has 0 aromatic rings. The molecule has 3 heteroatoms. The maximum Gasteiger partial charge on any atom is 0.303 e. The summed E-state index contributed by atoms with van der Waals surface area (Å²) < 4.78 is 0. The molecular weight excluding hydrogens is 180 g/mol. The van der Waals surface area contributed by atoms with Crippen LogP contribution in [-0.4, -0.2) is 22.3 Å². The van der Waals surface area contributed by atoms with E-state index < -0.39 is 5.97 Å². The molecule has 0 fully saturated rings. The lowest BCUT2D eigenvalue weighted by Gasteiger charge is -2.06. The maximum absolute atomic E-state index is 10.2. The molecule has 0 amide bonds. The van der Waals surface area contributed by atoms with Crippen molar-refractivity contribution in [3.63, 3.8) is 0 Å². The molecule has 0 saturated heterocycles. The highest BCUT2D eigenvalue weighted by molar-refractivity contribution is 5.66. The van der Waals surface area contributed by atoms with Gasteiger partial charge in [-0.05, 0) is 19.3 Å². The lowest BCUT2D eigenvalue weighted by atomic mass is 10.1. The van der Waals surface area contributed by atoms with Crippen molar-refractivity contribution in [1.29, 1.82) is 0 Å². The van der Waals surface area contributed by atoms with Crippen LogP contribution in [0, 0.1) is 0 Å². The van der Waals surface area contributed by atoms with E-state index in [2.05, 4.69) is 0 Å². The zero-order chi connectivity index (χ0) is 10.8. The predicted octanol–water partition coefficient (Wildman–Crippen LogP) is 2.57. The summed E-state index contributed by atoms with van der Waals surface area (Å²) in [5, 5.41) is 17.6. The number of rotatable bonds is 9. The molecule has 2 N–H and O–H groups in total. The lowest BCUT2D eigenvalue weighted by Crippen LogP contribution is -2.03. The average molecular weight is 202 g/mol. The first kappa shape index (κ1) is 13.4. The van der Waals surface area contributed by atoms with E-state index >= 15 is 0 Å². The summed E-state index contributed by atoms with van der Waals surface area (Å²) >= 11 is 0. The zero-order valence-electron chi connectivity index (χ0n) is 9.04. The molecule has 0 aliphatic rings. The summed E-state index contributed by atoms with van der Waals surface area (Å²) in [6.45, 7) is 1.98. The van der Waals surface area contributed by atoms with E-state index in [1.165, 1.54) is 0 Å². The third-order valence-corrected chi connectivity index (χ3v) is 2.40. The average Bonchev–Trinajstić information content (AvgIpc) is 2.15. The summed E-state index contributed by atoms with van der Waals surface area (Å²) in [6, 6.07) is 0. The topological polar surface area (TPSA) is 57.5 Å². The van der Waals surface area contributed by atoms with Crippen LogP contribution in [0.2, 0.25) is 0 Å². The second-order valence-corrected chi connectivity index (χ2v) is 3.76. The van der Waals surface area contributed by atoms with Gasteiger partial charge in [-0.3, -0.25) is 4.79 Å². The molecule has 0 unspecified atom stereocenters. The van der Waals surface area contributed by atoms with Gasteiger partial charge in [-0.25, -0.2) is 0 Å². The standard InChI is InChI=1S/C11H22O3/c1-2-10(12)8-6-4-3-5-7-9-11(13)14/h10,12H,2-9H2,1H3,(H,13,14)/t10-/m0/s1. The van der Waals surface area contributed by atoms with Crippen LogP contribution in [0.5, 0.6) is 0 Å². The van der Waals surface area contributed by atoms with Gasteiger partial charge in [0.1, 0.15) is 0 Å². The van der Waals surface area contributed by atoms with Crippen LogP contribution in [0.1, 0.15) is 58.3 Å². The molecule has 0 spiro atoms. The summed E-state index contributed by atoms with van der Waals surface area (Å²) in [6.07, 6.45) is 6.89. The Hall–Kier alpha value is -0.570. The number of hydrogen-bond donors (Lipinski definition) is 2. The van der Waals surface area contributed by atoms with Crippen LogP contribution in [-0.2, 0) is 4.79 Å². The first-order valence-corrected chi connectivity index (χ1v) is 5.56. The SMILES string of the molecule is CC[C@H](O)CCCCCCCC(=O)O. The molecule has 0 aromatic carbocycles. The third kappa shape index (κ3) is 9.52. The van der Waals surface area contributed by atoms with E-state index in [4.69, 9.17) is 5.11 Å². The smallest absolute Gasteiger partial charge is 0.303 e. The first-order chi connectivity index (χ1) is 6.66. The van der Waals surface area contributed by atoms with Crippen molar-refractivity contribution in [3.05, 3.63) is 0 Å². The fourth-order valence-electron chi connectivity index (χ4n) is 1.39. The van der Waals surface area contributed by atoms with Gasteiger partial charge in [0.2, 0.25) is 0 Å². The Balaban J connectivity index is 3.02. The maximum atomic E-state index is 10.2. The van der Waals surface area contributed by atoms with Gasteiger partial charge in [0, 0.05) is 6.42 Å². The van der Waals surface area contributed by atoms with Crippen LogP contribution < -0.4 is 0 Å². The van der Waals surface area contributed by atoms with Gasteiger partial charge in [0.15, 0.2) is 0 Å². The van der Waals surface area contributed by atoms with Gasteiger partial charge < -0.3 is 10.2 Å². The fraction of sp³-hybridized carbons (Fsp3) is 0.909. The van der Waals surface area contributed by atoms with Gasteiger partial charge in [-0.15, -0.1) is 0 Å². The Kier molecular flexibility index (Phi) is 8.64.